The monoisotopic (exact) mass is 648 g/mol. The highest BCUT2D eigenvalue weighted by Gasteiger charge is 2.46. The number of nitrogens with zero attached hydrogens (tertiary/aromatic N) is 1. The molecule has 0 saturated heterocycles. The largest absolute Gasteiger partial charge is 0.513 e. The molecule has 3 heterocycles. The quantitative estimate of drug-likeness (QED) is 0.168. The van der Waals surface area contributed by atoms with Crippen LogP contribution < -0.4 is 10.1 Å². The molecule has 1 aromatic carbocycles. The van der Waals surface area contributed by atoms with Gasteiger partial charge in [0, 0.05) is 29.5 Å². The smallest absolute Gasteiger partial charge is 0.477 e. The van der Waals surface area contributed by atoms with Gasteiger partial charge in [-0.2, -0.15) is 11.3 Å². The molecule has 0 bridgehead atoms. The van der Waals surface area contributed by atoms with E-state index >= 15 is 0 Å². The van der Waals surface area contributed by atoms with Crippen LogP contribution in [0.3, 0.4) is 0 Å². The van der Waals surface area contributed by atoms with Crippen molar-refractivity contribution in [3.05, 3.63) is 85.2 Å². The zero-order valence-corrected chi connectivity index (χ0v) is 26.0. The molecule has 5 rings (SSSR count). The number of ether oxygens (including phenoxy) is 4. The van der Waals surface area contributed by atoms with Gasteiger partial charge in [-0.3, -0.25) is 4.79 Å². The van der Waals surface area contributed by atoms with Gasteiger partial charge in [0.05, 0.1) is 23.9 Å². The fraction of sp³-hybridized carbons (Fsp3) is 0.367. The highest BCUT2D eigenvalue weighted by atomic mass is 35.5. The summed E-state index contributed by atoms with van der Waals surface area (Å²) in [7, 11) is 1.50. The molecule has 42 heavy (non-hydrogen) atoms. The molecule has 8 nitrogen and oxygen atoms in total. The van der Waals surface area contributed by atoms with E-state index < -0.39 is 17.6 Å². The topological polar surface area (TPSA) is 96.0 Å². The number of thiophene rings is 1. The van der Waals surface area contributed by atoms with Crippen LogP contribution in [0, 0.1) is 5.92 Å². The number of carbonyl (C=O) groups excluding carboxylic acids is 2. The Kier molecular flexibility index (Phi) is 10.3. The molecule has 0 spiro atoms. The van der Waals surface area contributed by atoms with Gasteiger partial charge in [0.15, 0.2) is 0 Å². The maximum absolute atomic E-state index is 13.9. The molecule has 1 saturated carbocycles. The first kappa shape index (κ1) is 30.7. The zero-order valence-electron chi connectivity index (χ0n) is 22.9. The van der Waals surface area contributed by atoms with E-state index in [2.05, 4.69) is 5.32 Å². The highest BCUT2D eigenvalue weighted by Crippen LogP contribution is 2.45. The number of hydrogen-bond acceptors (Lipinski definition) is 9. The number of aromatic nitrogens is 1. The summed E-state index contributed by atoms with van der Waals surface area (Å²) in [6, 6.07) is 12.4. The lowest BCUT2D eigenvalue weighted by atomic mass is 9.81. The lowest BCUT2D eigenvalue weighted by Gasteiger charge is -2.38. The molecule has 222 valence electrons. The Balaban J connectivity index is 1.52. The molecule has 1 aliphatic carbocycles. The van der Waals surface area contributed by atoms with E-state index in [1.807, 2.05) is 35.0 Å². The van der Waals surface area contributed by atoms with Crippen molar-refractivity contribution in [2.24, 2.45) is 5.92 Å². The standard InChI is InChI=1S/C30H30Cl2N2O6S2/c1-37-12-13-38-29(36)40-23-16-30(20-11-14-41-18-20,25-7-4-8-26(33-25)39-17-19-5-2-3-6-19)34-28(35)27(23)42-24-10-9-21(31)15-22(24)32/h4,7-11,14-15,18-19H,2-3,5-6,12-13,16-17H2,1H3,(H,34,35). The first-order chi connectivity index (χ1) is 20.4. The van der Waals surface area contributed by atoms with Crippen LogP contribution in [0.1, 0.15) is 43.4 Å². The minimum Gasteiger partial charge on any atom is -0.477 e. The summed E-state index contributed by atoms with van der Waals surface area (Å²) in [6.45, 7) is 0.795. The van der Waals surface area contributed by atoms with Crippen molar-refractivity contribution in [2.45, 2.75) is 42.5 Å². The van der Waals surface area contributed by atoms with Gasteiger partial charge in [-0.15, -0.1) is 0 Å². The molecule has 1 atom stereocenters. The van der Waals surface area contributed by atoms with Crippen LogP contribution in [0.2, 0.25) is 10.0 Å². The third kappa shape index (κ3) is 7.23. The summed E-state index contributed by atoms with van der Waals surface area (Å²) in [6.07, 6.45) is 3.88. The molecule has 3 aromatic rings. The van der Waals surface area contributed by atoms with Gasteiger partial charge in [0.1, 0.15) is 22.8 Å². The summed E-state index contributed by atoms with van der Waals surface area (Å²) < 4.78 is 22.0. The minimum atomic E-state index is -1.14. The Bertz CT molecular complexity index is 1450. The predicted molar refractivity (Wildman–Crippen MR) is 163 cm³/mol. The average molecular weight is 650 g/mol. The third-order valence-corrected chi connectivity index (χ3v) is 9.68. The van der Waals surface area contributed by atoms with E-state index in [1.54, 1.807) is 18.2 Å². The maximum Gasteiger partial charge on any atom is 0.513 e. The number of rotatable bonds is 11. The Morgan fingerprint density at radius 3 is 2.74 bits per heavy atom. The van der Waals surface area contributed by atoms with Crippen LogP contribution in [-0.4, -0.2) is 44.0 Å². The molecule has 1 N–H and O–H groups in total. The number of amides is 1. The van der Waals surface area contributed by atoms with Gasteiger partial charge in [0.2, 0.25) is 5.88 Å². The molecule has 2 aromatic heterocycles. The van der Waals surface area contributed by atoms with Crippen molar-refractivity contribution in [1.29, 1.82) is 0 Å². The first-order valence-corrected chi connectivity index (χ1v) is 16.0. The van der Waals surface area contributed by atoms with Crippen molar-refractivity contribution in [2.75, 3.05) is 26.9 Å². The Hall–Kier alpha value is -2.76. The number of pyridine rings is 1. The van der Waals surface area contributed by atoms with Gasteiger partial charge in [-0.25, -0.2) is 9.78 Å². The lowest BCUT2D eigenvalue weighted by molar-refractivity contribution is -0.119. The number of halogens is 2. The van der Waals surface area contributed by atoms with Gasteiger partial charge in [-0.1, -0.05) is 53.9 Å². The van der Waals surface area contributed by atoms with Crippen LogP contribution in [-0.2, 0) is 24.5 Å². The molecule has 1 aliphatic heterocycles. The van der Waals surface area contributed by atoms with E-state index in [1.165, 1.54) is 31.3 Å². The molecule has 1 amide bonds. The van der Waals surface area contributed by atoms with Crippen molar-refractivity contribution in [3.8, 4) is 5.88 Å². The second kappa shape index (κ2) is 14.1. The number of hydrogen-bond donors (Lipinski definition) is 1. The van der Waals surface area contributed by atoms with Crippen LogP contribution in [0.25, 0.3) is 0 Å². The summed E-state index contributed by atoms with van der Waals surface area (Å²) in [4.78, 5) is 32.3. The second-order valence-corrected chi connectivity index (χ2v) is 12.7. The normalized spacial score (nSPS) is 19.1. The van der Waals surface area contributed by atoms with Gasteiger partial charge in [0.25, 0.3) is 5.91 Å². The number of benzene rings is 1. The van der Waals surface area contributed by atoms with Gasteiger partial charge >= 0.3 is 6.16 Å². The number of carbonyl (C=O) groups is 2. The summed E-state index contributed by atoms with van der Waals surface area (Å²) in [5, 5.41) is 7.86. The van der Waals surface area contributed by atoms with Gasteiger partial charge < -0.3 is 24.3 Å². The van der Waals surface area contributed by atoms with Crippen molar-refractivity contribution < 1.29 is 28.5 Å². The van der Waals surface area contributed by atoms with Crippen molar-refractivity contribution >= 4 is 58.4 Å². The third-order valence-electron chi connectivity index (χ3n) is 7.15. The summed E-state index contributed by atoms with van der Waals surface area (Å²) in [5.41, 5.74) is 0.212. The molecule has 1 fully saturated rings. The average Bonchev–Trinajstić information content (AvgIpc) is 3.70. The SMILES string of the molecule is COCCOC(=O)OC1=C(Sc2ccc(Cl)cc2Cl)C(=O)NC(c2ccsc2)(c2cccc(OCC3CCCC3)n2)C1. The van der Waals surface area contributed by atoms with Crippen LogP contribution in [0.4, 0.5) is 4.79 Å². The minimum absolute atomic E-state index is 0.00208. The Labute approximate surface area is 262 Å². The molecule has 0 radical (unpaired) electrons. The van der Waals surface area contributed by atoms with Crippen LogP contribution in [0.5, 0.6) is 5.88 Å². The predicted octanol–water partition coefficient (Wildman–Crippen LogP) is 7.59. The van der Waals surface area contributed by atoms with E-state index in [4.69, 9.17) is 47.1 Å². The molecule has 2 aliphatic rings. The zero-order chi connectivity index (χ0) is 29.5. The number of thioether (sulfide) groups is 1. The fourth-order valence-corrected chi connectivity index (χ4v) is 7.17. The molecule has 12 heteroatoms. The summed E-state index contributed by atoms with van der Waals surface area (Å²) >= 11 is 15.1. The second-order valence-electron chi connectivity index (χ2n) is 9.99. The first-order valence-electron chi connectivity index (χ1n) is 13.5. The van der Waals surface area contributed by atoms with E-state index in [0.717, 1.165) is 30.2 Å². The Morgan fingerprint density at radius 2 is 2.00 bits per heavy atom. The van der Waals surface area contributed by atoms with Crippen LogP contribution in [0.15, 0.2) is 68.8 Å². The lowest BCUT2D eigenvalue weighted by Crippen LogP contribution is -2.51. The van der Waals surface area contributed by atoms with Crippen LogP contribution >= 0.6 is 46.3 Å². The molecular formula is C30H30Cl2N2O6S2. The molecule has 1 unspecified atom stereocenters. The van der Waals surface area contributed by atoms with E-state index in [0.29, 0.717) is 39.0 Å². The van der Waals surface area contributed by atoms with E-state index in [9.17, 15) is 9.59 Å². The highest BCUT2D eigenvalue weighted by molar-refractivity contribution is 8.04. The Morgan fingerprint density at radius 1 is 1.17 bits per heavy atom. The fourth-order valence-electron chi connectivity index (χ4n) is 5.03. The van der Waals surface area contributed by atoms with E-state index in [-0.39, 0.29) is 30.3 Å². The molecular weight excluding hydrogens is 619 g/mol. The maximum atomic E-state index is 13.9. The van der Waals surface area contributed by atoms with Crippen molar-refractivity contribution in [3.63, 3.8) is 0 Å². The number of methoxy groups -OCH3 is 1. The van der Waals surface area contributed by atoms with Crippen molar-refractivity contribution in [1.82, 2.24) is 10.3 Å². The van der Waals surface area contributed by atoms with Gasteiger partial charge in [-0.05, 0) is 65.4 Å². The summed E-state index contributed by atoms with van der Waals surface area (Å²) in [5.74, 6) is 0.661. The number of nitrogens with one attached hydrogen (secondary N) is 1.